The Morgan fingerprint density at radius 3 is 2.71 bits per heavy atom. The molecule has 0 saturated heterocycles. The van der Waals surface area contributed by atoms with Crippen molar-refractivity contribution in [2.45, 2.75) is 46.2 Å². The molecular weight excluding hydrogens is 268 g/mol. The summed E-state index contributed by atoms with van der Waals surface area (Å²) in [5.74, 6) is -0.229. The SMILES string of the molecule is Cc1cc(C(=O)NC(C)(C)CO)c2cnn(C(C)C)c2n1. The normalized spacial score (nSPS) is 12.1. The lowest BCUT2D eigenvalue weighted by atomic mass is 10.1. The van der Waals surface area contributed by atoms with Crippen LogP contribution in [0.2, 0.25) is 0 Å². The van der Waals surface area contributed by atoms with Crippen LogP contribution in [0.25, 0.3) is 11.0 Å². The van der Waals surface area contributed by atoms with Crippen molar-refractivity contribution in [3.8, 4) is 0 Å². The summed E-state index contributed by atoms with van der Waals surface area (Å²) in [6, 6.07) is 1.92. The van der Waals surface area contributed by atoms with E-state index in [4.69, 9.17) is 0 Å². The maximum atomic E-state index is 12.5. The number of pyridine rings is 1. The Morgan fingerprint density at radius 1 is 1.48 bits per heavy atom. The average Bonchev–Trinajstić information content (AvgIpc) is 2.80. The number of amides is 1. The van der Waals surface area contributed by atoms with Crippen LogP contribution in [0.1, 0.15) is 49.8 Å². The zero-order valence-electron chi connectivity index (χ0n) is 13.1. The molecule has 0 spiro atoms. The topological polar surface area (TPSA) is 80.0 Å². The van der Waals surface area contributed by atoms with Crippen LogP contribution in [0.5, 0.6) is 0 Å². The number of carbonyl (C=O) groups excluding carboxylic acids is 1. The molecule has 21 heavy (non-hydrogen) atoms. The Bertz CT molecular complexity index is 674. The van der Waals surface area contributed by atoms with E-state index < -0.39 is 5.54 Å². The van der Waals surface area contributed by atoms with Gasteiger partial charge in [-0.15, -0.1) is 0 Å². The van der Waals surface area contributed by atoms with Gasteiger partial charge in [-0.05, 0) is 40.7 Å². The Kier molecular flexibility index (Phi) is 4.00. The van der Waals surface area contributed by atoms with Gasteiger partial charge in [-0.25, -0.2) is 9.67 Å². The molecule has 2 heterocycles. The first kappa shape index (κ1) is 15.4. The maximum absolute atomic E-state index is 12.5. The molecule has 114 valence electrons. The second-order valence-electron chi connectivity index (χ2n) is 6.23. The Hall–Kier alpha value is -1.95. The van der Waals surface area contributed by atoms with Crippen LogP contribution in [0.3, 0.4) is 0 Å². The van der Waals surface area contributed by atoms with E-state index in [1.165, 1.54) is 0 Å². The Balaban J connectivity index is 2.52. The summed E-state index contributed by atoms with van der Waals surface area (Å²) in [4.78, 5) is 17.0. The van der Waals surface area contributed by atoms with Gasteiger partial charge in [-0.1, -0.05) is 0 Å². The van der Waals surface area contributed by atoms with Crippen molar-refractivity contribution in [2.75, 3.05) is 6.61 Å². The predicted octanol–water partition coefficient (Wildman–Crippen LogP) is 1.82. The lowest BCUT2D eigenvalue weighted by Crippen LogP contribution is -2.46. The summed E-state index contributed by atoms with van der Waals surface area (Å²) in [6.45, 7) is 9.31. The van der Waals surface area contributed by atoms with E-state index in [-0.39, 0.29) is 18.6 Å². The molecule has 6 heteroatoms. The van der Waals surface area contributed by atoms with Crippen molar-refractivity contribution < 1.29 is 9.90 Å². The zero-order chi connectivity index (χ0) is 15.8. The molecule has 0 unspecified atom stereocenters. The summed E-state index contributed by atoms with van der Waals surface area (Å²) >= 11 is 0. The smallest absolute Gasteiger partial charge is 0.252 e. The second kappa shape index (κ2) is 5.44. The monoisotopic (exact) mass is 290 g/mol. The number of aliphatic hydroxyl groups excluding tert-OH is 1. The molecule has 1 amide bonds. The summed E-state index contributed by atoms with van der Waals surface area (Å²) in [6.07, 6.45) is 1.67. The number of fused-ring (bicyclic) bond motifs is 1. The summed E-state index contributed by atoms with van der Waals surface area (Å²) in [5.41, 5.74) is 1.33. The van der Waals surface area contributed by atoms with E-state index in [1.54, 1.807) is 30.8 Å². The lowest BCUT2D eigenvalue weighted by Gasteiger charge is -2.23. The van der Waals surface area contributed by atoms with Crippen molar-refractivity contribution in [3.63, 3.8) is 0 Å². The minimum Gasteiger partial charge on any atom is -0.394 e. The highest BCUT2D eigenvalue weighted by Crippen LogP contribution is 2.21. The van der Waals surface area contributed by atoms with E-state index in [9.17, 15) is 9.90 Å². The fraction of sp³-hybridized carbons (Fsp3) is 0.533. The molecule has 2 aromatic heterocycles. The van der Waals surface area contributed by atoms with Crippen LogP contribution in [0.4, 0.5) is 0 Å². The molecule has 2 rings (SSSR count). The number of aryl methyl sites for hydroxylation is 1. The first-order valence-electron chi connectivity index (χ1n) is 7.03. The average molecular weight is 290 g/mol. The van der Waals surface area contributed by atoms with Gasteiger partial charge in [0, 0.05) is 11.7 Å². The van der Waals surface area contributed by atoms with E-state index in [0.29, 0.717) is 11.2 Å². The van der Waals surface area contributed by atoms with E-state index >= 15 is 0 Å². The summed E-state index contributed by atoms with van der Waals surface area (Å²) < 4.78 is 1.80. The molecule has 2 aromatic rings. The van der Waals surface area contributed by atoms with Crippen molar-refractivity contribution >= 4 is 16.9 Å². The highest BCUT2D eigenvalue weighted by molar-refractivity contribution is 6.05. The molecule has 0 aromatic carbocycles. The molecular formula is C15H22N4O2. The quantitative estimate of drug-likeness (QED) is 0.900. The molecule has 2 N–H and O–H groups in total. The number of rotatable bonds is 4. The molecule has 0 bridgehead atoms. The first-order chi connectivity index (χ1) is 9.75. The largest absolute Gasteiger partial charge is 0.394 e. The van der Waals surface area contributed by atoms with Crippen LogP contribution < -0.4 is 5.32 Å². The van der Waals surface area contributed by atoms with Gasteiger partial charge in [0.25, 0.3) is 5.91 Å². The molecule has 0 aliphatic heterocycles. The molecule has 0 saturated carbocycles. The van der Waals surface area contributed by atoms with Gasteiger partial charge in [0.05, 0.1) is 29.3 Å². The van der Waals surface area contributed by atoms with Gasteiger partial charge in [0.1, 0.15) is 0 Å². The predicted molar refractivity (Wildman–Crippen MR) is 81.3 cm³/mol. The van der Waals surface area contributed by atoms with Gasteiger partial charge in [0.2, 0.25) is 0 Å². The molecule has 0 radical (unpaired) electrons. The van der Waals surface area contributed by atoms with Gasteiger partial charge < -0.3 is 10.4 Å². The highest BCUT2D eigenvalue weighted by atomic mass is 16.3. The highest BCUT2D eigenvalue weighted by Gasteiger charge is 2.23. The van der Waals surface area contributed by atoms with E-state index in [0.717, 1.165) is 11.1 Å². The third-order valence-corrected chi connectivity index (χ3v) is 3.28. The van der Waals surface area contributed by atoms with Crippen molar-refractivity contribution in [1.82, 2.24) is 20.1 Å². The molecule has 0 aliphatic carbocycles. The number of nitrogens with zero attached hydrogens (tertiary/aromatic N) is 3. The van der Waals surface area contributed by atoms with Gasteiger partial charge in [-0.3, -0.25) is 4.79 Å². The molecule has 6 nitrogen and oxygen atoms in total. The number of aliphatic hydroxyl groups is 1. The number of hydrogen-bond acceptors (Lipinski definition) is 4. The van der Waals surface area contributed by atoms with Gasteiger partial charge >= 0.3 is 0 Å². The van der Waals surface area contributed by atoms with E-state index in [2.05, 4.69) is 15.4 Å². The number of aromatic nitrogens is 3. The van der Waals surface area contributed by atoms with Crippen molar-refractivity contribution in [2.24, 2.45) is 0 Å². The maximum Gasteiger partial charge on any atom is 0.252 e. The second-order valence-corrected chi connectivity index (χ2v) is 6.23. The molecule has 0 aliphatic rings. The van der Waals surface area contributed by atoms with Crippen LogP contribution >= 0.6 is 0 Å². The number of nitrogens with one attached hydrogen (secondary N) is 1. The standard InChI is InChI=1S/C15H22N4O2/c1-9(2)19-13-12(7-16-19)11(6-10(3)17-13)14(21)18-15(4,5)8-20/h6-7,9,20H,8H2,1-5H3,(H,18,21). The Labute approximate surface area is 124 Å². The van der Waals surface area contributed by atoms with Crippen molar-refractivity contribution in [1.29, 1.82) is 0 Å². The van der Waals surface area contributed by atoms with Crippen LogP contribution in [0.15, 0.2) is 12.3 Å². The van der Waals surface area contributed by atoms with Gasteiger partial charge in [0.15, 0.2) is 5.65 Å². The minimum atomic E-state index is -0.672. The summed E-state index contributed by atoms with van der Waals surface area (Å²) in [5, 5.41) is 17.2. The van der Waals surface area contributed by atoms with Crippen LogP contribution in [-0.2, 0) is 0 Å². The van der Waals surface area contributed by atoms with Crippen LogP contribution in [-0.4, -0.2) is 37.9 Å². The number of hydrogen-bond donors (Lipinski definition) is 2. The van der Waals surface area contributed by atoms with Crippen LogP contribution in [0, 0.1) is 6.92 Å². The number of carbonyl (C=O) groups is 1. The zero-order valence-corrected chi connectivity index (χ0v) is 13.1. The third-order valence-electron chi connectivity index (χ3n) is 3.28. The fourth-order valence-electron chi connectivity index (χ4n) is 2.12. The third kappa shape index (κ3) is 3.05. The van der Waals surface area contributed by atoms with Crippen molar-refractivity contribution in [3.05, 3.63) is 23.5 Å². The van der Waals surface area contributed by atoms with E-state index in [1.807, 2.05) is 20.8 Å². The first-order valence-corrected chi connectivity index (χ1v) is 7.03. The lowest BCUT2D eigenvalue weighted by molar-refractivity contribution is 0.0871. The molecule has 0 fully saturated rings. The fourth-order valence-corrected chi connectivity index (χ4v) is 2.12. The van der Waals surface area contributed by atoms with Gasteiger partial charge in [-0.2, -0.15) is 5.10 Å². The molecule has 0 atom stereocenters. The Morgan fingerprint density at radius 2 is 2.14 bits per heavy atom. The summed E-state index contributed by atoms with van der Waals surface area (Å²) in [7, 11) is 0. The minimum absolute atomic E-state index is 0.128.